The fourth-order valence-corrected chi connectivity index (χ4v) is 3.19. The van der Waals surface area contributed by atoms with E-state index < -0.39 is 7.12 Å². The number of benzene rings is 1. The van der Waals surface area contributed by atoms with Crippen LogP contribution >= 0.6 is 0 Å². The van der Waals surface area contributed by atoms with Crippen molar-refractivity contribution in [3.63, 3.8) is 0 Å². The number of hydrogen-bond donors (Lipinski definition) is 0. The molecule has 126 valence electrons. The van der Waals surface area contributed by atoms with Gasteiger partial charge in [-0.25, -0.2) is 0 Å². The van der Waals surface area contributed by atoms with Crippen LogP contribution in [0.3, 0.4) is 0 Å². The van der Waals surface area contributed by atoms with Crippen LogP contribution in [0.4, 0.5) is 0 Å². The Hall–Kier alpha value is -1.04. The van der Waals surface area contributed by atoms with Crippen LogP contribution in [0.25, 0.3) is 0 Å². The van der Waals surface area contributed by atoms with Crippen LogP contribution in [0.5, 0.6) is 5.75 Å². The third kappa shape index (κ3) is 3.15. The molecule has 1 aromatic rings. The lowest BCUT2D eigenvalue weighted by Gasteiger charge is -2.32. The largest absolute Gasteiger partial charge is 0.498 e. The van der Waals surface area contributed by atoms with Crippen LogP contribution in [0.2, 0.25) is 0 Å². The first-order valence-electron chi connectivity index (χ1n) is 8.45. The van der Waals surface area contributed by atoms with Gasteiger partial charge in [-0.15, -0.1) is 0 Å². The van der Waals surface area contributed by atoms with Gasteiger partial charge in [0.2, 0.25) is 0 Å². The Morgan fingerprint density at radius 2 is 1.65 bits per heavy atom. The van der Waals surface area contributed by atoms with Gasteiger partial charge in [0.05, 0.1) is 18.3 Å². The van der Waals surface area contributed by atoms with E-state index in [2.05, 4.69) is 39.8 Å². The Labute approximate surface area is 139 Å². The van der Waals surface area contributed by atoms with E-state index >= 15 is 0 Å². The molecule has 0 radical (unpaired) electrons. The van der Waals surface area contributed by atoms with E-state index in [0.717, 1.165) is 37.3 Å². The second kappa shape index (κ2) is 6.12. The molecule has 2 aliphatic rings. The van der Waals surface area contributed by atoms with E-state index in [1.54, 1.807) is 7.11 Å². The van der Waals surface area contributed by atoms with E-state index in [9.17, 15) is 0 Å². The summed E-state index contributed by atoms with van der Waals surface area (Å²) in [4.78, 5) is 0. The zero-order chi connectivity index (χ0) is 16.7. The minimum absolute atomic E-state index is 0.350. The second-order valence-corrected chi connectivity index (χ2v) is 7.48. The smallest absolute Gasteiger partial charge is 0.497 e. The molecule has 2 heterocycles. The first-order valence-corrected chi connectivity index (χ1v) is 8.45. The van der Waals surface area contributed by atoms with Crippen LogP contribution in [-0.4, -0.2) is 38.6 Å². The summed E-state index contributed by atoms with van der Waals surface area (Å²) in [6.45, 7) is 9.96. The van der Waals surface area contributed by atoms with E-state index in [0.29, 0.717) is 5.92 Å². The van der Waals surface area contributed by atoms with Gasteiger partial charge in [0.25, 0.3) is 0 Å². The average molecular weight is 318 g/mol. The average Bonchev–Trinajstić information content (AvgIpc) is 2.75. The minimum Gasteiger partial charge on any atom is -0.497 e. The molecule has 0 aliphatic carbocycles. The van der Waals surface area contributed by atoms with Gasteiger partial charge in [0.15, 0.2) is 0 Å². The molecule has 1 aromatic carbocycles. The highest BCUT2D eigenvalue weighted by atomic mass is 16.7. The van der Waals surface area contributed by atoms with Gasteiger partial charge in [0, 0.05) is 18.7 Å². The van der Waals surface area contributed by atoms with Crippen LogP contribution in [0.15, 0.2) is 18.2 Å². The number of methoxy groups -OCH3 is 1. The monoisotopic (exact) mass is 318 g/mol. The Balaban J connectivity index is 1.91. The fraction of sp³-hybridized carbons (Fsp3) is 0.667. The predicted octanol–water partition coefficient (Wildman–Crippen LogP) is 2.89. The lowest BCUT2D eigenvalue weighted by molar-refractivity contribution is 0.00578. The summed E-state index contributed by atoms with van der Waals surface area (Å²) < 4.78 is 23.4. The minimum atomic E-state index is -0.394. The van der Waals surface area contributed by atoms with E-state index in [-0.39, 0.29) is 11.2 Å². The molecule has 4 nitrogen and oxygen atoms in total. The zero-order valence-electron chi connectivity index (χ0n) is 14.8. The molecule has 5 heteroatoms. The van der Waals surface area contributed by atoms with Gasteiger partial charge in [-0.3, -0.25) is 0 Å². The van der Waals surface area contributed by atoms with Crippen molar-refractivity contribution < 1.29 is 18.8 Å². The maximum absolute atomic E-state index is 6.21. The summed E-state index contributed by atoms with van der Waals surface area (Å²) in [6, 6.07) is 6.38. The maximum Gasteiger partial charge on any atom is 0.498 e. The highest BCUT2D eigenvalue weighted by Crippen LogP contribution is 2.37. The molecule has 3 rings (SSSR count). The molecule has 0 spiro atoms. The number of hydrogen-bond acceptors (Lipinski definition) is 4. The summed E-state index contributed by atoms with van der Waals surface area (Å²) in [6.07, 6.45) is 2.13. The molecular formula is C18H27BO4. The summed E-state index contributed by atoms with van der Waals surface area (Å²) in [7, 11) is 1.30. The third-order valence-corrected chi connectivity index (χ3v) is 5.45. The maximum atomic E-state index is 6.21. The standard InChI is InChI=1S/C18H27BO4/c1-17(2)18(3,4)23-19(22-17)15-12-14(6-7-16(15)20-5)13-8-10-21-11-9-13/h6-7,12-13H,8-11H2,1-5H3. The van der Waals surface area contributed by atoms with Crippen molar-refractivity contribution in [3.05, 3.63) is 23.8 Å². The lowest BCUT2D eigenvalue weighted by atomic mass is 9.76. The molecule has 2 fully saturated rings. The van der Waals surface area contributed by atoms with E-state index in [1.807, 2.05) is 6.07 Å². The van der Waals surface area contributed by atoms with Crippen LogP contribution < -0.4 is 10.2 Å². The summed E-state index contributed by atoms with van der Waals surface area (Å²) >= 11 is 0. The zero-order valence-corrected chi connectivity index (χ0v) is 14.8. The lowest BCUT2D eigenvalue weighted by Crippen LogP contribution is -2.41. The molecule has 0 unspecified atom stereocenters. The van der Waals surface area contributed by atoms with Crippen molar-refractivity contribution in [1.29, 1.82) is 0 Å². The SMILES string of the molecule is COc1ccc(C2CCOCC2)cc1B1OC(C)(C)C(C)(C)O1. The predicted molar refractivity (Wildman–Crippen MR) is 91.5 cm³/mol. The first-order chi connectivity index (χ1) is 10.8. The van der Waals surface area contributed by atoms with Gasteiger partial charge in [-0.05, 0) is 58.1 Å². The van der Waals surface area contributed by atoms with Crippen LogP contribution in [0, 0.1) is 0 Å². The van der Waals surface area contributed by atoms with Gasteiger partial charge in [-0.1, -0.05) is 12.1 Å². The summed E-state index contributed by atoms with van der Waals surface area (Å²) in [5.74, 6) is 1.36. The fourth-order valence-electron chi connectivity index (χ4n) is 3.19. The quantitative estimate of drug-likeness (QED) is 0.803. The molecule has 2 aliphatic heterocycles. The molecule has 0 atom stereocenters. The van der Waals surface area contributed by atoms with Crippen molar-refractivity contribution in [1.82, 2.24) is 0 Å². The Kier molecular flexibility index (Phi) is 4.47. The van der Waals surface area contributed by atoms with Crippen molar-refractivity contribution in [2.75, 3.05) is 20.3 Å². The molecule has 0 N–H and O–H groups in total. The van der Waals surface area contributed by atoms with E-state index in [4.69, 9.17) is 18.8 Å². The normalized spacial score (nSPS) is 24.0. The molecule has 2 saturated heterocycles. The van der Waals surface area contributed by atoms with Gasteiger partial charge >= 0.3 is 7.12 Å². The van der Waals surface area contributed by atoms with Gasteiger partial charge < -0.3 is 18.8 Å². The number of rotatable bonds is 3. The summed E-state index contributed by atoms with van der Waals surface area (Å²) in [5, 5.41) is 0. The van der Waals surface area contributed by atoms with Crippen molar-refractivity contribution in [2.45, 2.75) is 57.7 Å². The Morgan fingerprint density at radius 1 is 1.04 bits per heavy atom. The molecule has 0 amide bonds. The molecule has 23 heavy (non-hydrogen) atoms. The first kappa shape index (κ1) is 16.8. The highest BCUT2D eigenvalue weighted by Gasteiger charge is 2.52. The van der Waals surface area contributed by atoms with Crippen molar-refractivity contribution in [2.24, 2.45) is 0 Å². The van der Waals surface area contributed by atoms with Gasteiger partial charge in [0.1, 0.15) is 5.75 Å². The van der Waals surface area contributed by atoms with Crippen molar-refractivity contribution >= 4 is 12.6 Å². The third-order valence-electron chi connectivity index (χ3n) is 5.45. The van der Waals surface area contributed by atoms with E-state index in [1.165, 1.54) is 5.56 Å². The Morgan fingerprint density at radius 3 is 2.22 bits per heavy atom. The van der Waals surface area contributed by atoms with Gasteiger partial charge in [-0.2, -0.15) is 0 Å². The Bertz CT molecular complexity index is 548. The van der Waals surface area contributed by atoms with Crippen molar-refractivity contribution in [3.8, 4) is 5.75 Å². The second-order valence-electron chi connectivity index (χ2n) is 7.48. The molecule has 0 aromatic heterocycles. The number of ether oxygens (including phenoxy) is 2. The van der Waals surface area contributed by atoms with Crippen LogP contribution in [-0.2, 0) is 14.0 Å². The molecule has 0 saturated carbocycles. The molecular weight excluding hydrogens is 291 g/mol. The van der Waals surface area contributed by atoms with Crippen LogP contribution in [0.1, 0.15) is 52.0 Å². The highest BCUT2D eigenvalue weighted by molar-refractivity contribution is 6.63. The summed E-state index contributed by atoms with van der Waals surface area (Å²) in [5.41, 5.74) is 1.60. The molecule has 0 bridgehead atoms. The topological polar surface area (TPSA) is 36.9 Å².